The molecule has 0 spiro atoms. The Balaban J connectivity index is 1.97. The number of benzene rings is 1. The van der Waals surface area contributed by atoms with E-state index in [1.165, 1.54) is 0 Å². The van der Waals surface area contributed by atoms with E-state index in [9.17, 15) is 9.35 Å². The lowest BCUT2D eigenvalue weighted by Gasteiger charge is -2.28. The standard InChI is InChI=1S/C19H26IN5O2S/c1-19(2,3)28(27)23-14-9-10-25(11-12-7-5-6-8-13(12)14)18-22-16(21)15(20)17(26)24(18)4/h5-8,14,23H,9-11,21H2,1-4H3/t14-,28+/m0/s1. The molecule has 3 rings (SSSR count). The van der Waals surface area contributed by atoms with Gasteiger partial charge in [0.1, 0.15) is 14.1 Å². The first-order chi connectivity index (χ1) is 13.1. The van der Waals surface area contributed by atoms with Crippen LogP contribution < -0.4 is 20.9 Å². The molecule has 2 aromatic rings. The van der Waals surface area contributed by atoms with Crippen molar-refractivity contribution in [3.05, 3.63) is 49.3 Å². The zero-order chi connectivity index (χ0) is 20.6. The van der Waals surface area contributed by atoms with E-state index < -0.39 is 11.4 Å². The number of fused-ring (bicyclic) bond motifs is 1. The van der Waals surface area contributed by atoms with Gasteiger partial charge in [-0.05, 0) is 60.9 Å². The summed E-state index contributed by atoms with van der Waals surface area (Å²) < 4.78 is 17.6. The Bertz CT molecular complexity index is 928. The van der Waals surface area contributed by atoms with Crippen molar-refractivity contribution in [2.24, 2.45) is 7.05 Å². The van der Waals surface area contributed by atoms with Crippen LogP contribution in [-0.2, 0) is 25.0 Å². The zero-order valence-electron chi connectivity index (χ0n) is 16.5. The largest absolute Gasteiger partial charge is 0.598 e. The van der Waals surface area contributed by atoms with Gasteiger partial charge >= 0.3 is 0 Å². The van der Waals surface area contributed by atoms with E-state index in [2.05, 4.69) is 26.7 Å². The van der Waals surface area contributed by atoms with Crippen molar-refractivity contribution in [1.29, 1.82) is 0 Å². The summed E-state index contributed by atoms with van der Waals surface area (Å²) in [6, 6.07) is 8.09. The molecule has 9 heteroatoms. The molecule has 1 aromatic heterocycles. The number of nitrogen functional groups attached to an aromatic ring is 1. The molecule has 0 saturated carbocycles. The number of nitrogens with zero attached hydrogens (tertiary/aromatic N) is 3. The highest BCUT2D eigenvalue weighted by atomic mass is 127. The molecule has 152 valence electrons. The molecule has 0 aliphatic carbocycles. The van der Waals surface area contributed by atoms with Crippen LogP contribution in [0.4, 0.5) is 11.8 Å². The fourth-order valence-corrected chi connectivity index (χ4v) is 4.54. The molecule has 1 aromatic carbocycles. The van der Waals surface area contributed by atoms with Crippen LogP contribution in [0, 0.1) is 3.57 Å². The molecule has 0 saturated heterocycles. The molecule has 3 N–H and O–H groups in total. The molecule has 0 bridgehead atoms. The molecule has 1 aliphatic rings. The summed E-state index contributed by atoms with van der Waals surface area (Å²) in [6.45, 7) is 7.14. The van der Waals surface area contributed by atoms with E-state index in [1.54, 1.807) is 11.6 Å². The Kier molecular flexibility index (Phi) is 6.28. The third-order valence-electron chi connectivity index (χ3n) is 4.81. The van der Waals surface area contributed by atoms with Gasteiger partial charge in [0.05, 0.1) is 6.04 Å². The Labute approximate surface area is 182 Å². The number of anilines is 2. The minimum absolute atomic E-state index is 0.0421. The maximum Gasteiger partial charge on any atom is 0.270 e. The third kappa shape index (κ3) is 4.32. The second-order valence-electron chi connectivity index (χ2n) is 7.94. The Hall–Kier alpha value is -1.30. The second kappa shape index (κ2) is 8.21. The van der Waals surface area contributed by atoms with Crippen molar-refractivity contribution >= 4 is 45.7 Å². The van der Waals surface area contributed by atoms with Gasteiger partial charge < -0.3 is 15.2 Å². The highest BCUT2D eigenvalue weighted by Crippen LogP contribution is 2.30. The number of hydrogen-bond acceptors (Lipinski definition) is 6. The van der Waals surface area contributed by atoms with Crippen molar-refractivity contribution in [2.75, 3.05) is 17.2 Å². The van der Waals surface area contributed by atoms with Gasteiger partial charge in [0, 0.05) is 31.5 Å². The second-order valence-corrected chi connectivity index (χ2v) is 11.0. The van der Waals surface area contributed by atoms with Crippen LogP contribution in [0.15, 0.2) is 29.1 Å². The zero-order valence-corrected chi connectivity index (χ0v) is 19.5. The Morgan fingerprint density at radius 1 is 1.36 bits per heavy atom. The van der Waals surface area contributed by atoms with Gasteiger partial charge in [-0.25, -0.2) is 0 Å². The summed E-state index contributed by atoms with van der Waals surface area (Å²) in [4.78, 5) is 19.0. The Morgan fingerprint density at radius 2 is 2.04 bits per heavy atom. The number of aromatic nitrogens is 2. The summed E-state index contributed by atoms with van der Waals surface area (Å²) in [5, 5.41) is 0. The average molecular weight is 515 g/mol. The summed E-state index contributed by atoms with van der Waals surface area (Å²) in [5.74, 6) is 0.801. The van der Waals surface area contributed by atoms with E-state index in [0.29, 0.717) is 22.6 Å². The van der Waals surface area contributed by atoms with Gasteiger partial charge in [-0.15, -0.1) is 4.72 Å². The molecule has 7 nitrogen and oxygen atoms in total. The van der Waals surface area contributed by atoms with Gasteiger partial charge in [0.2, 0.25) is 5.95 Å². The lowest BCUT2D eigenvalue weighted by molar-refractivity contribution is 0.513. The third-order valence-corrected chi connectivity index (χ3v) is 7.43. The summed E-state index contributed by atoms with van der Waals surface area (Å²) in [6.07, 6.45) is 0.737. The maximum absolute atomic E-state index is 12.7. The maximum atomic E-state index is 12.7. The molecule has 28 heavy (non-hydrogen) atoms. The van der Waals surface area contributed by atoms with Gasteiger partial charge in [0.15, 0.2) is 0 Å². The van der Waals surface area contributed by atoms with E-state index in [-0.39, 0.29) is 22.2 Å². The molecule has 0 radical (unpaired) electrons. The minimum atomic E-state index is -1.18. The molecule has 1 aliphatic heterocycles. The fourth-order valence-electron chi connectivity index (χ4n) is 3.20. The van der Waals surface area contributed by atoms with Crippen molar-refractivity contribution in [3.63, 3.8) is 0 Å². The van der Waals surface area contributed by atoms with Crippen LogP contribution in [-0.4, -0.2) is 25.4 Å². The van der Waals surface area contributed by atoms with Gasteiger partial charge in [-0.2, -0.15) is 4.98 Å². The molecule has 2 heterocycles. The van der Waals surface area contributed by atoms with Gasteiger partial charge in [0.25, 0.3) is 5.56 Å². The van der Waals surface area contributed by atoms with Crippen molar-refractivity contribution in [2.45, 2.75) is 44.5 Å². The van der Waals surface area contributed by atoms with Crippen molar-refractivity contribution in [3.8, 4) is 0 Å². The van der Waals surface area contributed by atoms with Crippen LogP contribution in [0.25, 0.3) is 0 Å². The first-order valence-corrected chi connectivity index (χ1v) is 11.3. The molecular weight excluding hydrogens is 489 g/mol. The first-order valence-electron chi connectivity index (χ1n) is 9.12. The van der Waals surface area contributed by atoms with E-state index >= 15 is 0 Å². The van der Waals surface area contributed by atoms with Crippen LogP contribution >= 0.6 is 22.6 Å². The van der Waals surface area contributed by atoms with Crippen LogP contribution in [0.3, 0.4) is 0 Å². The fraction of sp³-hybridized carbons (Fsp3) is 0.474. The highest BCUT2D eigenvalue weighted by Gasteiger charge is 2.32. The first kappa shape index (κ1) is 21.4. The van der Waals surface area contributed by atoms with Crippen molar-refractivity contribution in [1.82, 2.24) is 14.3 Å². The number of halogens is 1. The normalized spacial score (nSPS) is 18.5. The summed E-state index contributed by atoms with van der Waals surface area (Å²) >= 11 is 0.750. The van der Waals surface area contributed by atoms with Gasteiger partial charge in [-0.1, -0.05) is 24.3 Å². The number of nitrogens with one attached hydrogen (secondary N) is 1. The topological polar surface area (TPSA) is 99.2 Å². The van der Waals surface area contributed by atoms with Crippen LogP contribution in [0.2, 0.25) is 0 Å². The molecule has 0 fully saturated rings. The highest BCUT2D eigenvalue weighted by molar-refractivity contribution is 14.1. The van der Waals surface area contributed by atoms with E-state index in [4.69, 9.17) is 5.73 Å². The SMILES string of the molecule is Cn1c(N2CC[C@H](N[S@+]([O-])C(C)(C)C)c3ccccc3C2)nc(N)c(I)c1=O. The minimum Gasteiger partial charge on any atom is -0.598 e. The van der Waals surface area contributed by atoms with Crippen molar-refractivity contribution < 1.29 is 4.55 Å². The smallest absolute Gasteiger partial charge is 0.270 e. The predicted molar refractivity (Wildman–Crippen MR) is 122 cm³/mol. The molecule has 2 atom stereocenters. The van der Waals surface area contributed by atoms with E-state index in [0.717, 1.165) is 17.5 Å². The number of rotatable bonds is 3. The number of nitrogens with two attached hydrogens (primary N) is 1. The van der Waals surface area contributed by atoms with Crippen LogP contribution in [0.1, 0.15) is 44.4 Å². The van der Waals surface area contributed by atoms with Gasteiger partial charge in [-0.3, -0.25) is 9.36 Å². The Morgan fingerprint density at radius 3 is 2.71 bits per heavy atom. The van der Waals surface area contributed by atoms with E-state index in [1.807, 2.05) is 55.5 Å². The quantitative estimate of drug-likeness (QED) is 0.482. The molecule has 0 unspecified atom stereocenters. The lowest BCUT2D eigenvalue weighted by atomic mass is 10.0. The predicted octanol–water partition coefficient (Wildman–Crippen LogP) is 2.47. The number of hydrogen-bond donors (Lipinski definition) is 2. The van der Waals surface area contributed by atoms with Crippen LogP contribution in [0.5, 0.6) is 0 Å². The molecule has 0 amide bonds. The molecular formula is C19H26IN5O2S. The average Bonchev–Trinajstić information content (AvgIpc) is 2.82. The summed E-state index contributed by atoms with van der Waals surface area (Å²) in [5.41, 5.74) is 8.06. The lowest BCUT2D eigenvalue weighted by Crippen LogP contribution is -2.41. The summed E-state index contributed by atoms with van der Waals surface area (Å²) in [7, 11) is 1.72. The monoisotopic (exact) mass is 515 g/mol.